The van der Waals surface area contributed by atoms with Crippen LogP contribution in [0.15, 0.2) is 36.5 Å². The van der Waals surface area contributed by atoms with Crippen LogP contribution in [0.4, 0.5) is 0 Å². The van der Waals surface area contributed by atoms with E-state index >= 15 is 0 Å². The number of cyclic esters (lactones) is 1. The zero-order valence-electron chi connectivity index (χ0n) is 24.6. The van der Waals surface area contributed by atoms with E-state index in [0.717, 1.165) is 37.0 Å². The second-order valence-corrected chi connectivity index (χ2v) is 10.7. The number of nitrogens with zero attached hydrogens (tertiary/aromatic N) is 1. The lowest BCUT2D eigenvalue weighted by molar-refractivity contribution is -0.161. The number of carbonyl (C=O) groups excluding carboxylic acids is 3. The first-order valence-corrected chi connectivity index (χ1v) is 14.3. The Balaban J connectivity index is 1.49. The van der Waals surface area contributed by atoms with E-state index in [9.17, 15) is 14.4 Å². The van der Waals surface area contributed by atoms with Gasteiger partial charge in [-0.2, -0.15) is 0 Å². The van der Waals surface area contributed by atoms with Gasteiger partial charge in [-0.15, -0.1) is 0 Å². The molecule has 228 valence electrons. The van der Waals surface area contributed by atoms with Crippen LogP contribution in [0.3, 0.4) is 0 Å². The molecule has 1 amide bonds. The largest absolute Gasteiger partial charge is 0.497 e. The highest BCUT2D eigenvalue weighted by Gasteiger charge is 2.36. The minimum absolute atomic E-state index is 0.00310. The molecule has 2 aliphatic rings. The first-order valence-electron chi connectivity index (χ1n) is 14.3. The summed E-state index contributed by atoms with van der Waals surface area (Å²) in [5.74, 6) is -0.0422. The summed E-state index contributed by atoms with van der Waals surface area (Å²) < 4.78 is 33.3. The maximum absolute atomic E-state index is 13.4. The summed E-state index contributed by atoms with van der Waals surface area (Å²) in [6.07, 6.45) is 5.48. The molecule has 42 heavy (non-hydrogen) atoms. The van der Waals surface area contributed by atoms with Crippen LogP contribution in [0.2, 0.25) is 0 Å². The number of carbonyl (C=O) groups is 3. The van der Waals surface area contributed by atoms with Crippen molar-refractivity contribution >= 4 is 17.8 Å². The molecule has 4 unspecified atom stereocenters. The number of pyridine rings is 1. The molecule has 1 aromatic carbocycles. The minimum atomic E-state index is -0.905. The van der Waals surface area contributed by atoms with Gasteiger partial charge in [0.1, 0.15) is 17.9 Å². The van der Waals surface area contributed by atoms with Gasteiger partial charge in [0.05, 0.1) is 20.3 Å². The molecule has 11 heteroatoms. The van der Waals surface area contributed by atoms with E-state index in [2.05, 4.69) is 10.3 Å². The van der Waals surface area contributed by atoms with Crippen LogP contribution in [-0.2, 0) is 30.2 Å². The van der Waals surface area contributed by atoms with Gasteiger partial charge in [-0.1, -0.05) is 18.6 Å². The van der Waals surface area contributed by atoms with Crippen LogP contribution in [0, 0.1) is 11.8 Å². The second-order valence-electron chi connectivity index (χ2n) is 10.7. The molecule has 2 heterocycles. The molecule has 4 rings (SSSR count). The molecule has 11 nitrogen and oxygen atoms in total. The van der Waals surface area contributed by atoms with E-state index in [1.165, 1.54) is 26.3 Å². The van der Waals surface area contributed by atoms with Crippen LogP contribution < -0.4 is 19.5 Å². The Bertz CT molecular complexity index is 1220. The average molecular weight is 585 g/mol. The molecule has 1 N–H and O–H groups in total. The average Bonchev–Trinajstić information content (AvgIpc) is 3.80. The SMILES string of the molecule is COc1ccc(CC2CCCC(NC(=O)c3nccc(OC)c3OCOC(C)=O)C(=O)OC(C)C2OCC2CC2)cc1. The molecule has 0 bridgehead atoms. The Morgan fingerprint density at radius 2 is 1.81 bits per heavy atom. The fraction of sp³-hybridized carbons (Fsp3) is 0.548. The minimum Gasteiger partial charge on any atom is -0.497 e. The highest BCUT2D eigenvalue weighted by molar-refractivity contribution is 5.98. The first kappa shape index (κ1) is 31.1. The molecule has 1 aliphatic heterocycles. The molecule has 2 aromatic rings. The lowest BCUT2D eigenvalue weighted by Crippen LogP contribution is -2.45. The van der Waals surface area contributed by atoms with Crippen molar-refractivity contribution in [2.75, 3.05) is 27.6 Å². The van der Waals surface area contributed by atoms with Gasteiger partial charge in [-0.3, -0.25) is 9.59 Å². The summed E-state index contributed by atoms with van der Waals surface area (Å²) in [5, 5.41) is 2.77. The third kappa shape index (κ3) is 8.58. The number of hydrogen-bond donors (Lipinski definition) is 1. The van der Waals surface area contributed by atoms with Crippen molar-refractivity contribution in [1.29, 1.82) is 0 Å². The van der Waals surface area contributed by atoms with Gasteiger partial charge in [0.2, 0.25) is 6.79 Å². The van der Waals surface area contributed by atoms with Crippen LogP contribution in [0.5, 0.6) is 17.2 Å². The molecule has 2 fully saturated rings. The van der Waals surface area contributed by atoms with Gasteiger partial charge in [0.25, 0.3) is 5.91 Å². The predicted molar refractivity (Wildman–Crippen MR) is 151 cm³/mol. The quantitative estimate of drug-likeness (QED) is 0.290. The first-order chi connectivity index (χ1) is 20.3. The number of amides is 1. The Morgan fingerprint density at radius 3 is 2.48 bits per heavy atom. The molecule has 4 atom stereocenters. The lowest BCUT2D eigenvalue weighted by atomic mass is 9.86. The lowest BCUT2D eigenvalue weighted by Gasteiger charge is -2.31. The maximum atomic E-state index is 13.4. The van der Waals surface area contributed by atoms with Gasteiger partial charge in [0.15, 0.2) is 17.2 Å². The predicted octanol–water partition coefficient (Wildman–Crippen LogP) is 3.87. The number of esters is 2. The topological polar surface area (TPSA) is 132 Å². The number of ether oxygens (including phenoxy) is 6. The van der Waals surface area contributed by atoms with Crippen molar-refractivity contribution in [3.63, 3.8) is 0 Å². The van der Waals surface area contributed by atoms with Crippen LogP contribution in [-0.4, -0.2) is 68.7 Å². The third-order valence-corrected chi connectivity index (χ3v) is 7.53. The van der Waals surface area contributed by atoms with E-state index < -0.39 is 36.8 Å². The maximum Gasteiger partial charge on any atom is 0.329 e. The Hall–Kier alpha value is -3.86. The summed E-state index contributed by atoms with van der Waals surface area (Å²) in [6.45, 7) is 3.30. The van der Waals surface area contributed by atoms with Crippen molar-refractivity contribution in [3.8, 4) is 17.2 Å². The van der Waals surface area contributed by atoms with E-state index in [4.69, 9.17) is 28.4 Å². The van der Waals surface area contributed by atoms with E-state index in [-0.39, 0.29) is 29.2 Å². The zero-order valence-corrected chi connectivity index (χ0v) is 24.6. The highest BCUT2D eigenvalue weighted by atomic mass is 16.7. The van der Waals surface area contributed by atoms with E-state index in [1.807, 2.05) is 31.2 Å². The van der Waals surface area contributed by atoms with Crippen molar-refractivity contribution < 1.29 is 42.8 Å². The third-order valence-electron chi connectivity index (χ3n) is 7.53. The summed E-state index contributed by atoms with van der Waals surface area (Å²) in [4.78, 5) is 42.0. The molecule has 1 saturated carbocycles. The van der Waals surface area contributed by atoms with Gasteiger partial charge < -0.3 is 33.7 Å². The number of methoxy groups -OCH3 is 2. The fourth-order valence-electron chi connectivity index (χ4n) is 5.09. The second kappa shape index (κ2) is 14.9. The molecular weight excluding hydrogens is 544 g/mol. The molecule has 1 saturated heterocycles. The van der Waals surface area contributed by atoms with Crippen molar-refractivity contribution in [3.05, 3.63) is 47.8 Å². The zero-order chi connectivity index (χ0) is 30.1. The Kier molecular flexibility index (Phi) is 11.0. The molecule has 0 radical (unpaired) electrons. The van der Waals surface area contributed by atoms with Crippen LogP contribution >= 0.6 is 0 Å². The molecule has 1 aliphatic carbocycles. The van der Waals surface area contributed by atoms with Crippen molar-refractivity contribution in [2.24, 2.45) is 11.8 Å². The summed E-state index contributed by atoms with van der Waals surface area (Å²) in [7, 11) is 3.05. The summed E-state index contributed by atoms with van der Waals surface area (Å²) >= 11 is 0. The van der Waals surface area contributed by atoms with Gasteiger partial charge in [-0.25, -0.2) is 9.78 Å². The van der Waals surface area contributed by atoms with Crippen molar-refractivity contribution in [1.82, 2.24) is 10.3 Å². The van der Waals surface area contributed by atoms with Gasteiger partial charge in [0, 0.05) is 25.8 Å². The van der Waals surface area contributed by atoms with Crippen LogP contribution in [0.1, 0.15) is 62.0 Å². The fourth-order valence-corrected chi connectivity index (χ4v) is 5.09. The van der Waals surface area contributed by atoms with Crippen molar-refractivity contribution in [2.45, 2.75) is 70.6 Å². The Morgan fingerprint density at radius 1 is 1.05 bits per heavy atom. The van der Waals surface area contributed by atoms with Crippen LogP contribution in [0.25, 0.3) is 0 Å². The number of hydrogen-bond acceptors (Lipinski definition) is 10. The van der Waals surface area contributed by atoms with Gasteiger partial charge >= 0.3 is 11.9 Å². The monoisotopic (exact) mass is 584 g/mol. The molecular formula is C31H40N2O9. The number of rotatable bonds is 12. The molecule has 1 aromatic heterocycles. The summed E-state index contributed by atoms with van der Waals surface area (Å²) in [5.41, 5.74) is 1.04. The number of nitrogens with one attached hydrogen (secondary N) is 1. The highest BCUT2D eigenvalue weighted by Crippen LogP contribution is 2.33. The summed E-state index contributed by atoms with van der Waals surface area (Å²) in [6, 6.07) is 8.59. The van der Waals surface area contributed by atoms with E-state index in [0.29, 0.717) is 25.4 Å². The number of aromatic nitrogens is 1. The standard InChI is InChI=1S/C31H40N2O9/c1-19-28(39-17-22-8-9-22)23(16-21-10-12-24(37-3)13-11-21)6-5-7-25(31(36)42-19)33-30(35)27-29(41-18-40-20(2)34)26(38-4)14-15-32-27/h10-15,19,22-23,25,28H,5-9,16-18H2,1-4H3,(H,33,35). The van der Waals surface area contributed by atoms with Gasteiger partial charge in [-0.05, 0) is 68.6 Å². The van der Waals surface area contributed by atoms with E-state index in [1.54, 1.807) is 7.11 Å². The normalized spacial score (nSPS) is 22.5. The Labute approximate surface area is 246 Å². The molecule has 0 spiro atoms. The number of benzene rings is 1. The smallest absolute Gasteiger partial charge is 0.329 e.